The van der Waals surface area contributed by atoms with Gasteiger partial charge in [0.15, 0.2) is 0 Å². The van der Waals surface area contributed by atoms with E-state index in [1.807, 2.05) is 0 Å². The highest BCUT2D eigenvalue weighted by atomic mass is 14.2. The van der Waals surface area contributed by atoms with Crippen LogP contribution in [0.5, 0.6) is 0 Å². The van der Waals surface area contributed by atoms with E-state index in [2.05, 4.69) is 199 Å². The van der Waals surface area contributed by atoms with Gasteiger partial charge in [0.2, 0.25) is 0 Å². The van der Waals surface area contributed by atoms with Gasteiger partial charge in [0.1, 0.15) is 0 Å². The number of aryl methyl sites for hydroxylation is 3. The van der Waals surface area contributed by atoms with Gasteiger partial charge in [0.05, 0.1) is 0 Å². The Morgan fingerprint density at radius 3 is 1.39 bits per heavy atom. The molecule has 0 unspecified atom stereocenters. The van der Waals surface area contributed by atoms with Crippen molar-refractivity contribution >= 4 is 44.0 Å². The van der Waals surface area contributed by atoms with E-state index in [4.69, 9.17) is 0 Å². The zero-order valence-electron chi connectivity index (χ0n) is 30.5. The molecule has 0 aromatic heterocycles. The van der Waals surface area contributed by atoms with Gasteiger partial charge in [-0.3, -0.25) is 0 Å². The van der Waals surface area contributed by atoms with E-state index in [0.29, 0.717) is 0 Å². The van der Waals surface area contributed by atoms with Gasteiger partial charge in [-0.2, -0.15) is 0 Å². The molecule has 248 valence electrons. The third kappa shape index (κ3) is 6.06. The van der Waals surface area contributed by atoms with Crippen molar-refractivity contribution in [2.45, 2.75) is 47.0 Å². The van der Waals surface area contributed by atoms with Crippen LogP contribution >= 0.6 is 0 Å². The summed E-state index contributed by atoms with van der Waals surface area (Å²) in [6, 6.07) is 56.5. The smallest absolute Gasteiger partial charge is 0.00264 e. The normalized spacial score (nSPS) is 12.2. The third-order valence-corrected chi connectivity index (χ3v) is 10.4. The quantitative estimate of drug-likeness (QED) is 0.128. The number of hydrogen-bond acceptors (Lipinski definition) is 0. The van der Waals surface area contributed by atoms with E-state index in [-0.39, 0.29) is 5.41 Å². The monoisotopic (exact) mass is 656 g/mol. The molecule has 51 heavy (non-hydrogen) atoms. The molecular formula is C51H44. The Kier molecular flexibility index (Phi) is 8.20. The molecule has 0 heterocycles. The number of fused-ring (bicyclic) bond motifs is 3. The van der Waals surface area contributed by atoms with Gasteiger partial charge < -0.3 is 0 Å². The van der Waals surface area contributed by atoms with Crippen molar-refractivity contribution in [3.63, 3.8) is 0 Å². The summed E-state index contributed by atoms with van der Waals surface area (Å²) in [7, 11) is 0. The molecule has 0 N–H and O–H groups in total. The first kappa shape index (κ1) is 32.5. The zero-order valence-corrected chi connectivity index (χ0v) is 30.5. The molecule has 8 aromatic rings. The SMILES string of the molecule is Cc1cc(C)cc(C(=Cc2ccc(-c3c4ccccc4c(-c4ccc(C(C)(C)C)cc4)c4ccccc34)cc2)c2ccc(C)c3ccccc23)c1. The van der Waals surface area contributed by atoms with Crippen molar-refractivity contribution in [1.29, 1.82) is 0 Å². The topological polar surface area (TPSA) is 0 Å². The minimum Gasteiger partial charge on any atom is -0.0616 e. The molecule has 0 aliphatic heterocycles. The summed E-state index contributed by atoms with van der Waals surface area (Å²) in [4.78, 5) is 0. The molecule has 0 atom stereocenters. The fourth-order valence-electron chi connectivity index (χ4n) is 7.93. The zero-order chi connectivity index (χ0) is 35.3. The van der Waals surface area contributed by atoms with Crippen LogP contribution in [0.15, 0.2) is 152 Å². The van der Waals surface area contributed by atoms with E-state index in [1.54, 1.807) is 0 Å². The van der Waals surface area contributed by atoms with Crippen LogP contribution in [0.25, 0.3) is 66.2 Å². The maximum atomic E-state index is 2.37. The summed E-state index contributed by atoms with van der Waals surface area (Å²) in [5, 5.41) is 7.69. The summed E-state index contributed by atoms with van der Waals surface area (Å²) in [5.74, 6) is 0. The molecule has 0 amide bonds. The Morgan fingerprint density at radius 2 is 0.902 bits per heavy atom. The number of rotatable bonds is 5. The molecule has 0 nitrogen and oxygen atoms in total. The van der Waals surface area contributed by atoms with Crippen molar-refractivity contribution in [2.75, 3.05) is 0 Å². The van der Waals surface area contributed by atoms with Crippen molar-refractivity contribution < 1.29 is 0 Å². The van der Waals surface area contributed by atoms with Crippen LogP contribution in [0.3, 0.4) is 0 Å². The average molecular weight is 657 g/mol. The molecule has 0 spiro atoms. The summed E-state index contributed by atoms with van der Waals surface area (Å²) in [6.07, 6.45) is 2.37. The van der Waals surface area contributed by atoms with Gasteiger partial charge in [-0.05, 0) is 120 Å². The van der Waals surface area contributed by atoms with Crippen LogP contribution in [-0.4, -0.2) is 0 Å². The predicted octanol–water partition coefficient (Wildman–Crippen LogP) is 14.3. The summed E-state index contributed by atoms with van der Waals surface area (Å²) in [6.45, 7) is 13.4. The van der Waals surface area contributed by atoms with Gasteiger partial charge in [-0.15, -0.1) is 0 Å². The lowest BCUT2D eigenvalue weighted by Crippen LogP contribution is -2.10. The highest BCUT2D eigenvalue weighted by Crippen LogP contribution is 2.44. The van der Waals surface area contributed by atoms with E-state index in [1.165, 1.54) is 99.1 Å². The van der Waals surface area contributed by atoms with Crippen molar-refractivity contribution in [3.05, 3.63) is 191 Å². The van der Waals surface area contributed by atoms with Gasteiger partial charge in [0, 0.05) is 0 Å². The minimum atomic E-state index is 0.113. The first-order chi connectivity index (χ1) is 24.7. The molecule has 0 aliphatic carbocycles. The van der Waals surface area contributed by atoms with Crippen LogP contribution in [0, 0.1) is 20.8 Å². The number of benzene rings is 8. The van der Waals surface area contributed by atoms with Crippen LogP contribution in [-0.2, 0) is 5.41 Å². The van der Waals surface area contributed by atoms with Crippen LogP contribution in [0.2, 0.25) is 0 Å². The molecule has 0 saturated heterocycles. The van der Waals surface area contributed by atoms with Gasteiger partial charge in [-0.1, -0.05) is 184 Å². The Hall–Kier alpha value is -5.72. The molecular weight excluding hydrogens is 613 g/mol. The standard InChI is InChI=1S/C51H44/c1-33-29-34(2)31-39(30-33)48(43-28-19-35(3)41-13-7-8-14-42(41)43)32-36-20-22-37(23-21-36)49-44-15-9-11-17-46(44)50(47-18-12-10-16-45(47)49)38-24-26-40(27-25-38)51(4,5)6/h7-32H,1-6H3. The van der Waals surface area contributed by atoms with Crippen LogP contribution in [0.1, 0.15) is 59.7 Å². The largest absolute Gasteiger partial charge is 0.0616 e. The van der Waals surface area contributed by atoms with Gasteiger partial charge >= 0.3 is 0 Å². The summed E-state index contributed by atoms with van der Waals surface area (Å²) in [5.41, 5.74) is 15.3. The minimum absolute atomic E-state index is 0.113. The maximum Gasteiger partial charge on any atom is -0.00264 e. The third-order valence-electron chi connectivity index (χ3n) is 10.4. The average Bonchev–Trinajstić information content (AvgIpc) is 3.13. The lowest BCUT2D eigenvalue weighted by Gasteiger charge is -2.21. The molecule has 0 aliphatic rings. The molecule has 8 rings (SSSR count). The second-order valence-corrected chi connectivity index (χ2v) is 15.2. The molecule has 0 saturated carbocycles. The Morgan fingerprint density at radius 1 is 0.451 bits per heavy atom. The Bertz CT molecular complexity index is 2530. The van der Waals surface area contributed by atoms with E-state index in [9.17, 15) is 0 Å². The second-order valence-electron chi connectivity index (χ2n) is 15.2. The van der Waals surface area contributed by atoms with Crippen LogP contribution < -0.4 is 0 Å². The second kappa shape index (κ2) is 12.9. The predicted molar refractivity (Wildman–Crippen MR) is 223 cm³/mol. The molecule has 0 heteroatoms. The summed E-state index contributed by atoms with van der Waals surface area (Å²) < 4.78 is 0. The van der Waals surface area contributed by atoms with Crippen molar-refractivity contribution in [3.8, 4) is 22.3 Å². The van der Waals surface area contributed by atoms with Gasteiger partial charge in [0.25, 0.3) is 0 Å². The fourth-order valence-corrected chi connectivity index (χ4v) is 7.93. The maximum absolute atomic E-state index is 2.37. The highest BCUT2D eigenvalue weighted by molar-refractivity contribution is 6.21. The van der Waals surface area contributed by atoms with E-state index >= 15 is 0 Å². The Labute approximate surface area is 302 Å². The molecule has 0 fully saturated rings. The molecule has 0 radical (unpaired) electrons. The molecule has 0 bridgehead atoms. The number of hydrogen-bond donors (Lipinski definition) is 0. The van der Waals surface area contributed by atoms with Crippen molar-refractivity contribution in [1.82, 2.24) is 0 Å². The fraction of sp³-hybridized carbons (Fsp3) is 0.137. The van der Waals surface area contributed by atoms with E-state index in [0.717, 1.165) is 0 Å². The van der Waals surface area contributed by atoms with E-state index < -0.39 is 0 Å². The summed E-state index contributed by atoms with van der Waals surface area (Å²) >= 11 is 0. The highest BCUT2D eigenvalue weighted by Gasteiger charge is 2.18. The Balaban J connectivity index is 1.29. The lowest BCUT2D eigenvalue weighted by molar-refractivity contribution is 0.590. The lowest BCUT2D eigenvalue weighted by atomic mass is 9.83. The van der Waals surface area contributed by atoms with Crippen LogP contribution in [0.4, 0.5) is 0 Å². The molecule has 8 aromatic carbocycles. The van der Waals surface area contributed by atoms with Crippen molar-refractivity contribution in [2.24, 2.45) is 0 Å². The van der Waals surface area contributed by atoms with Gasteiger partial charge in [-0.25, -0.2) is 0 Å². The first-order valence-electron chi connectivity index (χ1n) is 18.1. The first-order valence-corrected chi connectivity index (χ1v) is 18.1.